The van der Waals surface area contributed by atoms with E-state index in [0.717, 1.165) is 23.3 Å². The van der Waals surface area contributed by atoms with E-state index in [-0.39, 0.29) is 0 Å². The van der Waals surface area contributed by atoms with Gasteiger partial charge in [0.25, 0.3) is 0 Å². The molecule has 0 aromatic heterocycles. The Morgan fingerprint density at radius 1 is 1.22 bits per heavy atom. The average molecular weight is 250 g/mol. The van der Waals surface area contributed by atoms with Crippen LogP contribution in [0.1, 0.15) is 53.4 Å². The first-order chi connectivity index (χ1) is 8.42. The summed E-state index contributed by atoms with van der Waals surface area (Å²) in [5.41, 5.74) is 1.05. The van der Waals surface area contributed by atoms with Crippen molar-refractivity contribution < 1.29 is 0 Å². The fourth-order valence-corrected chi connectivity index (χ4v) is 3.98. The summed E-state index contributed by atoms with van der Waals surface area (Å²) in [4.78, 5) is 2.83. The van der Waals surface area contributed by atoms with Crippen LogP contribution in [0.2, 0.25) is 0 Å². The summed E-state index contributed by atoms with van der Waals surface area (Å²) in [7, 11) is 0. The molecule has 0 aromatic rings. The summed E-state index contributed by atoms with van der Waals surface area (Å²) < 4.78 is 0. The van der Waals surface area contributed by atoms with Crippen LogP contribution in [0, 0.1) is 17.3 Å². The quantitative estimate of drug-likeness (QED) is 0.825. The van der Waals surface area contributed by atoms with E-state index in [1.165, 1.54) is 45.3 Å². The summed E-state index contributed by atoms with van der Waals surface area (Å²) in [6, 6.07) is 0.745. The van der Waals surface area contributed by atoms with Crippen LogP contribution >= 0.6 is 0 Å². The summed E-state index contributed by atoms with van der Waals surface area (Å²) >= 11 is 0. The third kappa shape index (κ3) is 2.46. The van der Waals surface area contributed by atoms with Crippen LogP contribution in [0.25, 0.3) is 0 Å². The Bertz CT molecular complexity index is 313. The first-order valence-electron chi connectivity index (χ1n) is 7.91. The minimum Gasteiger partial charge on any atom is -0.309 e. The van der Waals surface area contributed by atoms with Gasteiger partial charge in [-0.2, -0.15) is 0 Å². The Hall–Kier alpha value is -0.0800. The molecule has 0 bridgehead atoms. The number of hydrogen-bond donors (Lipinski definition) is 1. The Labute approximate surface area is 113 Å². The van der Waals surface area contributed by atoms with Crippen LogP contribution in [-0.2, 0) is 0 Å². The molecule has 0 spiro atoms. The van der Waals surface area contributed by atoms with Crippen molar-refractivity contribution in [2.75, 3.05) is 19.6 Å². The van der Waals surface area contributed by atoms with Crippen molar-refractivity contribution in [1.29, 1.82) is 0 Å². The van der Waals surface area contributed by atoms with E-state index in [9.17, 15) is 0 Å². The maximum Gasteiger partial charge on any atom is 0.0252 e. The van der Waals surface area contributed by atoms with Gasteiger partial charge in [-0.1, -0.05) is 13.8 Å². The second-order valence-electron chi connectivity index (χ2n) is 8.12. The molecule has 18 heavy (non-hydrogen) atoms. The van der Waals surface area contributed by atoms with Gasteiger partial charge in [-0.15, -0.1) is 0 Å². The first kappa shape index (κ1) is 12.9. The van der Waals surface area contributed by atoms with Gasteiger partial charge < -0.3 is 5.32 Å². The van der Waals surface area contributed by atoms with Crippen LogP contribution in [0.5, 0.6) is 0 Å². The van der Waals surface area contributed by atoms with E-state index in [2.05, 4.69) is 37.9 Å². The van der Waals surface area contributed by atoms with Crippen molar-refractivity contribution in [2.24, 2.45) is 17.3 Å². The SMILES string of the molecule is CC(C)C1CNC(C)(C)CN1CC1(C2CC2)CC1. The Morgan fingerprint density at radius 3 is 2.39 bits per heavy atom. The predicted molar refractivity (Wildman–Crippen MR) is 76.7 cm³/mol. The number of hydrogen-bond acceptors (Lipinski definition) is 2. The summed E-state index contributed by atoms with van der Waals surface area (Å²) in [6.45, 7) is 13.3. The monoisotopic (exact) mass is 250 g/mol. The van der Waals surface area contributed by atoms with Gasteiger partial charge in [0.1, 0.15) is 0 Å². The molecular formula is C16H30N2. The van der Waals surface area contributed by atoms with Crippen molar-refractivity contribution in [3.63, 3.8) is 0 Å². The molecule has 2 saturated carbocycles. The smallest absolute Gasteiger partial charge is 0.0252 e. The molecule has 1 unspecified atom stereocenters. The predicted octanol–water partition coefficient (Wildman–Crippen LogP) is 2.89. The van der Waals surface area contributed by atoms with Gasteiger partial charge in [0.05, 0.1) is 0 Å². The molecular weight excluding hydrogens is 220 g/mol. The molecule has 104 valence electrons. The van der Waals surface area contributed by atoms with Crippen molar-refractivity contribution in [2.45, 2.75) is 65.0 Å². The zero-order chi connectivity index (χ0) is 13.0. The third-order valence-electron chi connectivity index (χ3n) is 5.48. The molecule has 3 rings (SSSR count). The summed E-state index contributed by atoms with van der Waals surface area (Å²) in [6.07, 6.45) is 6.04. The summed E-state index contributed by atoms with van der Waals surface area (Å²) in [5.74, 6) is 1.85. The van der Waals surface area contributed by atoms with Crippen molar-refractivity contribution in [1.82, 2.24) is 10.2 Å². The van der Waals surface area contributed by atoms with Gasteiger partial charge in [0.15, 0.2) is 0 Å². The van der Waals surface area contributed by atoms with E-state index >= 15 is 0 Å². The highest BCUT2D eigenvalue weighted by atomic mass is 15.3. The van der Waals surface area contributed by atoms with E-state index in [1.807, 2.05) is 0 Å². The second kappa shape index (κ2) is 4.21. The Balaban J connectivity index is 1.69. The highest BCUT2D eigenvalue weighted by Crippen LogP contribution is 2.61. The number of rotatable bonds is 4. The molecule has 3 fully saturated rings. The van der Waals surface area contributed by atoms with E-state index in [1.54, 1.807) is 0 Å². The molecule has 0 amide bonds. The van der Waals surface area contributed by atoms with Gasteiger partial charge in [-0.3, -0.25) is 4.90 Å². The minimum atomic E-state index is 0.297. The molecule has 2 aliphatic carbocycles. The van der Waals surface area contributed by atoms with Crippen LogP contribution in [0.4, 0.5) is 0 Å². The van der Waals surface area contributed by atoms with Gasteiger partial charge in [-0.25, -0.2) is 0 Å². The molecule has 1 saturated heterocycles. The Morgan fingerprint density at radius 2 is 1.89 bits per heavy atom. The standard InChI is InChI=1S/C16H30N2/c1-12(2)14-9-17-15(3,4)10-18(14)11-16(7-8-16)13-5-6-13/h12-14,17H,5-11H2,1-4H3. The third-order valence-corrected chi connectivity index (χ3v) is 5.48. The lowest BCUT2D eigenvalue weighted by Gasteiger charge is -2.47. The van der Waals surface area contributed by atoms with Crippen LogP contribution < -0.4 is 5.32 Å². The lowest BCUT2D eigenvalue weighted by Crippen LogP contribution is -2.63. The fourth-order valence-electron chi connectivity index (χ4n) is 3.98. The summed E-state index contributed by atoms with van der Waals surface area (Å²) in [5, 5.41) is 3.73. The molecule has 1 heterocycles. The molecule has 1 atom stereocenters. The number of nitrogens with one attached hydrogen (secondary N) is 1. The molecule has 0 radical (unpaired) electrons. The molecule has 1 aliphatic heterocycles. The molecule has 3 aliphatic rings. The zero-order valence-corrected chi connectivity index (χ0v) is 12.6. The maximum atomic E-state index is 3.73. The van der Waals surface area contributed by atoms with Crippen LogP contribution in [0.3, 0.4) is 0 Å². The normalized spacial score (nSPS) is 34.8. The number of piperazine rings is 1. The zero-order valence-electron chi connectivity index (χ0n) is 12.6. The van der Waals surface area contributed by atoms with Crippen LogP contribution in [0.15, 0.2) is 0 Å². The van der Waals surface area contributed by atoms with Crippen molar-refractivity contribution in [3.05, 3.63) is 0 Å². The van der Waals surface area contributed by atoms with Gasteiger partial charge in [0.2, 0.25) is 0 Å². The van der Waals surface area contributed by atoms with E-state index in [4.69, 9.17) is 0 Å². The van der Waals surface area contributed by atoms with Crippen molar-refractivity contribution in [3.8, 4) is 0 Å². The average Bonchev–Trinajstić information content (AvgIpc) is 3.10. The lowest BCUT2D eigenvalue weighted by molar-refractivity contribution is 0.0472. The van der Waals surface area contributed by atoms with E-state index in [0.29, 0.717) is 5.54 Å². The molecule has 2 heteroatoms. The topological polar surface area (TPSA) is 15.3 Å². The lowest BCUT2D eigenvalue weighted by atomic mass is 9.90. The van der Waals surface area contributed by atoms with E-state index < -0.39 is 0 Å². The van der Waals surface area contributed by atoms with Gasteiger partial charge in [-0.05, 0) is 56.8 Å². The second-order valence-corrected chi connectivity index (χ2v) is 8.12. The highest BCUT2D eigenvalue weighted by molar-refractivity contribution is 5.07. The largest absolute Gasteiger partial charge is 0.309 e. The number of nitrogens with zero attached hydrogens (tertiary/aromatic N) is 1. The molecule has 0 aromatic carbocycles. The fraction of sp³-hybridized carbons (Fsp3) is 1.00. The molecule has 1 N–H and O–H groups in total. The highest BCUT2D eigenvalue weighted by Gasteiger charge is 2.55. The minimum absolute atomic E-state index is 0.297. The van der Waals surface area contributed by atoms with Gasteiger partial charge in [0, 0.05) is 31.2 Å². The molecule has 2 nitrogen and oxygen atoms in total. The maximum absolute atomic E-state index is 3.73. The first-order valence-corrected chi connectivity index (χ1v) is 7.91. The van der Waals surface area contributed by atoms with Gasteiger partial charge >= 0.3 is 0 Å². The van der Waals surface area contributed by atoms with Crippen LogP contribution in [-0.4, -0.2) is 36.1 Å². The van der Waals surface area contributed by atoms with Crippen molar-refractivity contribution >= 4 is 0 Å². The Kier molecular flexibility index (Phi) is 3.02.